The van der Waals surface area contributed by atoms with Crippen molar-refractivity contribution in [1.82, 2.24) is 4.98 Å². The van der Waals surface area contributed by atoms with Crippen LogP contribution in [0.5, 0.6) is 0 Å². The first-order chi connectivity index (χ1) is 6.27. The monoisotopic (exact) mass is 200 g/mol. The molecule has 2 N–H and O–H groups in total. The Morgan fingerprint density at radius 3 is 2.85 bits per heavy atom. The number of nitrogens with zero attached hydrogens (tertiary/aromatic N) is 1. The van der Waals surface area contributed by atoms with Crippen LogP contribution in [0, 0.1) is 0 Å². The van der Waals surface area contributed by atoms with Gasteiger partial charge in [-0.1, -0.05) is 13.3 Å². The lowest BCUT2D eigenvalue weighted by molar-refractivity contribution is 0.0556. The summed E-state index contributed by atoms with van der Waals surface area (Å²) in [5.41, 5.74) is 5.55. The highest BCUT2D eigenvalue weighted by molar-refractivity contribution is 7.10. The van der Waals surface area contributed by atoms with Crippen LogP contribution in [0.1, 0.15) is 37.8 Å². The molecule has 0 aliphatic carbocycles. The highest BCUT2D eigenvalue weighted by Gasteiger charge is 2.13. The Morgan fingerprint density at radius 2 is 2.38 bits per heavy atom. The van der Waals surface area contributed by atoms with E-state index in [0.29, 0.717) is 5.82 Å². The molecule has 4 heteroatoms. The molecule has 1 aromatic rings. The topological polar surface area (TPSA) is 48.1 Å². The Hall–Kier alpha value is -0.610. The first-order valence-corrected chi connectivity index (χ1v) is 5.48. The Kier molecular flexibility index (Phi) is 4.18. The van der Waals surface area contributed by atoms with Crippen molar-refractivity contribution in [2.75, 3.05) is 12.3 Å². The second kappa shape index (κ2) is 5.19. The molecule has 0 amide bonds. The molecule has 0 bridgehead atoms. The smallest absolute Gasteiger partial charge is 0.134 e. The Balaban J connectivity index is 2.63. The first kappa shape index (κ1) is 10.5. The molecule has 0 fully saturated rings. The van der Waals surface area contributed by atoms with Gasteiger partial charge < -0.3 is 10.5 Å². The van der Waals surface area contributed by atoms with E-state index in [4.69, 9.17) is 10.5 Å². The molecular weight excluding hydrogens is 184 g/mol. The summed E-state index contributed by atoms with van der Waals surface area (Å²) in [5, 5.41) is 2.86. The summed E-state index contributed by atoms with van der Waals surface area (Å²) in [6.07, 6.45) is 2.25. The maximum atomic E-state index is 5.57. The molecule has 0 radical (unpaired) electrons. The minimum atomic E-state index is 0.136. The number of aromatic nitrogens is 1. The predicted molar refractivity (Wildman–Crippen MR) is 55.8 cm³/mol. The fraction of sp³-hybridized carbons (Fsp3) is 0.667. The predicted octanol–water partition coefficient (Wildman–Crippen LogP) is 2.60. The van der Waals surface area contributed by atoms with Crippen molar-refractivity contribution in [3.8, 4) is 0 Å². The van der Waals surface area contributed by atoms with Crippen molar-refractivity contribution in [3.05, 3.63) is 10.4 Å². The maximum Gasteiger partial charge on any atom is 0.134 e. The van der Waals surface area contributed by atoms with Crippen molar-refractivity contribution in [2.45, 2.75) is 32.8 Å². The van der Waals surface area contributed by atoms with E-state index < -0.39 is 0 Å². The average molecular weight is 200 g/mol. The summed E-state index contributed by atoms with van der Waals surface area (Å²) in [7, 11) is 0. The lowest BCUT2D eigenvalue weighted by Crippen LogP contribution is -2.03. The summed E-state index contributed by atoms with van der Waals surface area (Å²) in [5.74, 6) is 0.598. The van der Waals surface area contributed by atoms with Gasteiger partial charge in [-0.2, -0.15) is 0 Å². The van der Waals surface area contributed by atoms with E-state index in [1.54, 1.807) is 11.3 Å². The Bertz CT molecular complexity index is 244. The molecule has 0 aliphatic heterocycles. The van der Waals surface area contributed by atoms with Crippen LogP contribution in [0.2, 0.25) is 0 Å². The lowest BCUT2D eigenvalue weighted by atomic mass is 10.2. The molecule has 1 unspecified atom stereocenters. The van der Waals surface area contributed by atoms with Gasteiger partial charge in [0, 0.05) is 12.0 Å². The largest absolute Gasteiger partial charge is 0.383 e. The molecule has 0 spiro atoms. The number of hydrogen-bond acceptors (Lipinski definition) is 4. The molecule has 0 aliphatic rings. The number of rotatable bonds is 5. The molecule has 3 nitrogen and oxygen atoms in total. The second-order valence-electron chi connectivity index (χ2n) is 2.84. The van der Waals surface area contributed by atoms with Gasteiger partial charge in [-0.25, -0.2) is 4.98 Å². The minimum absolute atomic E-state index is 0.136. The van der Waals surface area contributed by atoms with Gasteiger partial charge in [0.05, 0.1) is 0 Å². The highest BCUT2D eigenvalue weighted by Crippen LogP contribution is 2.26. The van der Waals surface area contributed by atoms with E-state index in [2.05, 4.69) is 11.9 Å². The van der Waals surface area contributed by atoms with Gasteiger partial charge in [-0.05, 0) is 13.3 Å². The van der Waals surface area contributed by atoms with Crippen molar-refractivity contribution < 1.29 is 4.74 Å². The quantitative estimate of drug-likeness (QED) is 0.794. The normalized spacial score (nSPS) is 13.1. The van der Waals surface area contributed by atoms with Crippen molar-refractivity contribution in [3.63, 3.8) is 0 Å². The van der Waals surface area contributed by atoms with Gasteiger partial charge >= 0.3 is 0 Å². The molecule has 1 aromatic heterocycles. The fourth-order valence-corrected chi connectivity index (χ4v) is 1.98. The van der Waals surface area contributed by atoms with Gasteiger partial charge in [0.2, 0.25) is 0 Å². The third kappa shape index (κ3) is 2.97. The van der Waals surface area contributed by atoms with Gasteiger partial charge in [0.1, 0.15) is 16.9 Å². The molecule has 1 rings (SSSR count). The third-order valence-electron chi connectivity index (χ3n) is 1.73. The molecule has 0 saturated heterocycles. The minimum Gasteiger partial charge on any atom is -0.383 e. The molecule has 1 atom stereocenters. The van der Waals surface area contributed by atoms with E-state index >= 15 is 0 Å². The van der Waals surface area contributed by atoms with Gasteiger partial charge in [0.15, 0.2) is 0 Å². The molecule has 0 aromatic carbocycles. The molecule has 1 heterocycles. The first-order valence-electron chi connectivity index (χ1n) is 4.60. The van der Waals surface area contributed by atoms with E-state index in [9.17, 15) is 0 Å². The van der Waals surface area contributed by atoms with Crippen LogP contribution in [-0.4, -0.2) is 11.6 Å². The second-order valence-corrected chi connectivity index (χ2v) is 3.73. The highest BCUT2D eigenvalue weighted by atomic mass is 32.1. The van der Waals surface area contributed by atoms with E-state index in [1.807, 2.05) is 12.3 Å². The standard InChI is InChI=1S/C9H16N2OS/c1-3-5-7(12-4-2)9-11-8(10)6-13-9/h6-7H,3-5,10H2,1-2H3. The zero-order valence-electron chi connectivity index (χ0n) is 8.12. The van der Waals surface area contributed by atoms with Crippen molar-refractivity contribution >= 4 is 17.2 Å². The summed E-state index contributed by atoms with van der Waals surface area (Å²) in [4.78, 5) is 4.22. The van der Waals surface area contributed by atoms with E-state index in [1.165, 1.54) is 0 Å². The summed E-state index contributed by atoms with van der Waals surface area (Å²) in [6, 6.07) is 0. The molecular formula is C9H16N2OS. The number of anilines is 1. The Labute approximate surface area is 82.9 Å². The summed E-state index contributed by atoms with van der Waals surface area (Å²) >= 11 is 1.58. The molecule has 74 valence electrons. The SMILES string of the molecule is CCCC(OCC)c1nc(N)cs1. The molecule has 0 saturated carbocycles. The number of ether oxygens (including phenoxy) is 1. The Morgan fingerprint density at radius 1 is 1.62 bits per heavy atom. The van der Waals surface area contributed by atoms with Crippen LogP contribution < -0.4 is 5.73 Å². The van der Waals surface area contributed by atoms with Crippen LogP contribution in [0.3, 0.4) is 0 Å². The molecule has 13 heavy (non-hydrogen) atoms. The average Bonchev–Trinajstić information content (AvgIpc) is 2.51. The summed E-state index contributed by atoms with van der Waals surface area (Å²) < 4.78 is 5.57. The number of hydrogen-bond donors (Lipinski definition) is 1. The van der Waals surface area contributed by atoms with Crippen LogP contribution in [0.15, 0.2) is 5.38 Å². The van der Waals surface area contributed by atoms with Crippen LogP contribution >= 0.6 is 11.3 Å². The van der Waals surface area contributed by atoms with E-state index in [0.717, 1.165) is 24.5 Å². The number of thiazole rings is 1. The van der Waals surface area contributed by atoms with Gasteiger partial charge in [-0.15, -0.1) is 11.3 Å². The van der Waals surface area contributed by atoms with Crippen molar-refractivity contribution in [2.24, 2.45) is 0 Å². The number of nitrogen functional groups attached to an aromatic ring is 1. The van der Waals surface area contributed by atoms with Crippen LogP contribution in [0.25, 0.3) is 0 Å². The maximum absolute atomic E-state index is 5.57. The zero-order chi connectivity index (χ0) is 9.68. The number of nitrogens with two attached hydrogens (primary N) is 1. The van der Waals surface area contributed by atoms with Crippen LogP contribution in [-0.2, 0) is 4.74 Å². The third-order valence-corrected chi connectivity index (χ3v) is 2.69. The summed E-state index contributed by atoms with van der Waals surface area (Å²) in [6.45, 7) is 4.87. The van der Waals surface area contributed by atoms with Gasteiger partial charge in [0.25, 0.3) is 0 Å². The van der Waals surface area contributed by atoms with Gasteiger partial charge in [-0.3, -0.25) is 0 Å². The lowest BCUT2D eigenvalue weighted by Gasteiger charge is -2.12. The zero-order valence-corrected chi connectivity index (χ0v) is 8.93. The van der Waals surface area contributed by atoms with E-state index in [-0.39, 0.29) is 6.10 Å². The van der Waals surface area contributed by atoms with Crippen molar-refractivity contribution in [1.29, 1.82) is 0 Å². The van der Waals surface area contributed by atoms with Crippen LogP contribution in [0.4, 0.5) is 5.82 Å². The fourth-order valence-electron chi connectivity index (χ4n) is 1.19.